The van der Waals surface area contributed by atoms with Crippen molar-refractivity contribution in [3.05, 3.63) is 59.4 Å². The normalized spacial score (nSPS) is 10.6. The Kier molecular flexibility index (Phi) is 4.52. The van der Waals surface area contributed by atoms with Crippen LogP contribution in [-0.4, -0.2) is 23.3 Å². The van der Waals surface area contributed by atoms with E-state index in [1.807, 2.05) is 25.1 Å². The number of nitrogens with one attached hydrogen (secondary N) is 2. The number of aryl methyl sites for hydroxylation is 1. The third-order valence-corrected chi connectivity index (χ3v) is 4.25. The first-order valence-corrected chi connectivity index (χ1v) is 8.04. The molecule has 5 nitrogen and oxygen atoms in total. The summed E-state index contributed by atoms with van der Waals surface area (Å²) < 4.78 is 14.5. The Morgan fingerprint density at radius 2 is 2.00 bits per heavy atom. The molecule has 1 aromatic heterocycles. The first-order chi connectivity index (χ1) is 11.5. The van der Waals surface area contributed by atoms with Gasteiger partial charge in [0.1, 0.15) is 5.82 Å². The molecule has 0 fully saturated rings. The Bertz CT molecular complexity index is 923. The highest BCUT2D eigenvalue weighted by atomic mass is 32.1. The average molecular weight is 343 g/mol. The average Bonchev–Trinajstić information content (AvgIpc) is 2.94. The zero-order valence-corrected chi connectivity index (χ0v) is 13.6. The number of fused-ring (bicyclic) bond motifs is 1. The fraction of sp³-hybridized carbons (Fsp3) is 0.118. The van der Waals surface area contributed by atoms with Crippen molar-refractivity contribution in [2.45, 2.75) is 6.92 Å². The van der Waals surface area contributed by atoms with E-state index in [1.54, 1.807) is 6.07 Å². The molecule has 3 rings (SSSR count). The fourth-order valence-electron chi connectivity index (χ4n) is 2.15. The van der Waals surface area contributed by atoms with Crippen molar-refractivity contribution in [2.24, 2.45) is 0 Å². The lowest BCUT2D eigenvalue weighted by Crippen LogP contribution is -2.33. The van der Waals surface area contributed by atoms with Gasteiger partial charge >= 0.3 is 0 Å². The van der Waals surface area contributed by atoms with Crippen LogP contribution in [0, 0.1) is 12.7 Å². The van der Waals surface area contributed by atoms with Crippen LogP contribution < -0.4 is 10.6 Å². The maximum atomic E-state index is 13.5. The van der Waals surface area contributed by atoms with Crippen molar-refractivity contribution in [3.63, 3.8) is 0 Å². The minimum absolute atomic E-state index is 0.0965. The van der Waals surface area contributed by atoms with E-state index in [9.17, 15) is 14.0 Å². The lowest BCUT2D eigenvalue weighted by atomic mass is 10.2. The number of anilines is 1. The molecule has 3 aromatic rings. The molecule has 24 heavy (non-hydrogen) atoms. The molecular weight excluding hydrogens is 329 g/mol. The molecule has 2 amide bonds. The molecule has 1 heterocycles. The van der Waals surface area contributed by atoms with Gasteiger partial charge in [-0.15, -0.1) is 0 Å². The van der Waals surface area contributed by atoms with E-state index in [0.29, 0.717) is 5.13 Å². The van der Waals surface area contributed by atoms with E-state index < -0.39 is 17.6 Å². The molecule has 0 bridgehead atoms. The summed E-state index contributed by atoms with van der Waals surface area (Å²) >= 11 is 1.36. The van der Waals surface area contributed by atoms with Gasteiger partial charge in [-0.1, -0.05) is 29.5 Å². The number of hydrogen-bond donors (Lipinski definition) is 2. The van der Waals surface area contributed by atoms with Gasteiger partial charge < -0.3 is 10.6 Å². The third-order valence-electron chi connectivity index (χ3n) is 3.32. The van der Waals surface area contributed by atoms with Crippen LogP contribution in [0.1, 0.15) is 15.9 Å². The van der Waals surface area contributed by atoms with E-state index >= 15 is 0 Å². The monoisotopic (exact) mass is 343 g/mol. The number of benzene rings is 2. The zero-order chi connectivity index (χ0) is 17.1. The summed E-state index contributed by atoms with van der Waals surface area (Å²) in [6, 6.07) is 11.4. The maximum absolute atomic E-state index is 13.5. The molecule has 0 aliphatic heterocycles. The maximum Gasteiger partial charge on any atom is 0.254 e. The number of halogens is 1. The summed E-state index contributed by atoms with van der Waals surface area (Å²) in [7, 11) is 0. The predicted molar refractivity (Wildman–Crippen MR) is 91.7 cm³/mol. The second kappa shape index (κ2) is 6.76. The van der Waals surface area contributed by atoms with Crippen LogP contribution in [0.2, 0.25) is 0 Å². The molecule has 7 heteroatoms. The summed E-state index contributed by atoms with van der Waals surface area (Å²) in [4.78, 5) is 28.1. The van der Waals surface area contributed by atoms with Gasteiger partial charge in [0.05, 0.1) is 22.3 Å². The predicted octanol–water partition coefficient (Wildman–Crippen LogP) is 3.11. The van der Waals surface area contributed by atoms with Gasteiger partial charge in [0.15, 0.2) is 5.13 Å². The SMILES string of the molecule is Cc1ccc2nc(NC(=O)CNC(=O)c3ccccc3F)sc2c1. The van der Waals surface area contributed by atoms with Crippen LogP contribution in [0.3, 0.4) is 0 Å². The molecule has 0 atom stereocenters. The van der Waals surface area contributed by atoms with Gasteiger partial charge in [0.2, 0.25) is 5.91 Å². The largest absolute Gasteiger partial charge is 0.343 e. The van der Waals surface area contributed by atoms with E-state index in [2.05, 4.69) is 15.6 Å². The summed E-state index contributed by atoms with van der Waals surface area (Å²) in [5.41, 5.74) is 1.82. The fourth-order valence-corrected chi connectivity index (χ4v) is 3.13. The molecule has 0 spiro atoms. The minimum Gasteiger partial charge on any atom is -0.343 e. The molecule has 0 radical (unpaired) electrons. The first kappa shape index (κ1) is 16.1. The van der Waals surface area contributed by atoms with Crippen LogP contribution in [0.5, 0.6) is 0 Å². The quantitative estimate of drug-likeness (QED) is 0.765. The number of amides is 2. The second-order valence-electron chi connectivity index (χ2n) is 5.20. The van der Waals surface area contributed by atoms with E-state index in [1.165, 1.54) is 29.5 Å². The summed E-state index contributed by atoms with van der Waals surface area (Å²) in [5, 5.41) is 5.48. The Labute approximate surface area is 141 Å². The molecular formula is C17H14FN3O2S. The standard InChI is InChI=1S/C17H14FN3O2S/c1-10-6-7-13-14(8-10)24-17(20-13)21-15(22)9-19-16(23)11-4-2-3-5-12(11)18/h2-8H,9H2,1H3,(H,19,23)(H,20,21,22). The highest BCUT2D eigenvalue weighted by Crippen LogP contribution is 2.26. The number of hydrogen-bond acceptors (Lipinski definition) is 4. The molecule has 0 aliphatic carbocycles. The molecule has 122 valence electrons. The van der Waals surface area contributed by atoms with E-state index in [4.69, 9.17) is 0 Å². The van der Waals surface area contributed by atoms with Crippen molar-refractivity contribution in [1.82, 2.24) is 10.3 Å². The van der Waals surface area contributed by atoms with E-state index in [0.717, 1.165) is 15.8 Å². The third kappa shape index (κ3) is 3.57. The summed E-state index contributed by atoms with van der Waals surface area (Å²) in [6.07, 6.45) is 0. The zero-order valence-electron chi connectivity index (χ0n) is 12.8. The Hall–Kier alpha value is -2.80. The van der Waals surface area contributed by atoms with Crippen LogP contribution in [0.15, 0.2) is 42.5 Å². The number of carbonyl (C=O) groups is 2. The van der Waals surface area contributed by atoms with Gasteiger partial charge in [0, 0.05) is 0 Å². The van der Waals surface area contributed by atoms with Crippen LogP contribution in [0.25, 0.3) is 10.2 Å². The van der Waals surface area contributed by atoms with Crippen LogP contribution in [-0.2, 0) is 4.79 Å². The van der Waals surface area contributed by atoms with Gasteiger partial charge in [-0.2, -0.15) is 0 Å². The lowest BCUT2D eigenvalue weighted by molar-refractivity contribution is -0.115. The number of aromatic nitrogens is 1. The molecule has 0 aliphatic rings. The molecule has 2 aromatic carbocycles. The highest BCUT2D eigenvalue weighted by molar-refractivity contribution is 7.22. The lowest BCUT2D eigenvalue weighted by Gasteiger charge is -2.05. The molecule has 0 saturated heterocycles. The highest BCUT2D eigenvalue weighted by Gasteiger charge is 2.13. The molecule has 0 unspecified atom stereocenters. The van der Waals surface area contributed by atoms with Gasteiger partial charge in [-0.25, -0.2) is 9.37 Å². The second-order valence-corrected chi connectivity index (χ2v) is 6.23. The van der Waals surface area contributed by atoms with Crippen molar-refractivity contribution in [2.75, 3.05) is 11.9 Å². The van der Waals surface area contributed by atoms with Crippen LogP contribution >= 0.6 is 11.3 Å². The number of carbonyl (C=O) groups excluding carboxylic acids is 2. The first-order valence-electron chi connectivity index (χ1n) is 7.23. The minimum atomic E-state index is -0.636. The van der Waals surface area contributed by atoms with Crippen molar-refractivity contribution in [3.8, 4) is 0 Å². The summed E-state index contributed by atoms with van der Waals surface area (Å²) in [5.74, 6) is -1.68. The van der Waals surface area contributed by atoms with Crippen molar-refractivity contribution < 1.29 is 14.0 Å². The number of thiazole rings is 1. The topological polar surface area (TPSA) is 71.1 Å². The van der Waals surface area contributed by atoms with Gasteiger partial charge in [-0.05, 0) is 36.8 Å². The van der Waals surface area contributed by atoms with E-state index in [-0.39, 0.29) is 12.1 Å². The van der Waals surface area contributed by atoms with Gasteiger partial charge in [0.25, 0.3) is 5.91 Å². The molecule has 0 saturated carbocycles. The van der Waals surface area contributed by atoms with Crippen LogP contribution in [0.4, 0.5) is 9.52 Å². The van der Waals surface area contributed by atoms with Gasteiger partial charge in [-0.3, -0.25) is 9.59 Å². The summed E-state index contributed by atoms with van der Waals surface area (Å²) in [6.45, 7) is 1.72. The Morgan fingerprint density at radius 3 is 2.79 bits per heavy atom. The number of nitrogens with zero attached hydrogens (tertiary/aromatic N) is 1. The molecule has 2 N–H and O–H groups in total. The smallest absolute Gasteiger partial charge is 0.254 e. The van der Waals surface area contributed by atoms with Crippen molar-refractivity contribution in [1.29, 1.82) is 0 Å². The van der Waals surface area contributed by atoms with Crippen molar-refractivity contribution >= 4 is 38.5 Å². The Morgan fingerprint density at radius 1 is 1.21 bits per heavy atom. The Balaban J connectivity index is 1.61. The number of rotatable bonds is 4.